The van der Waals surface area contributed by atoms with Gasteiger partial charge in [-0.3, -0.25) is 9.69 Å². The molecule has 1 spiro atoms. The standard InChI is InChI=1S/C21H22F2N2O3/c1-27-15-5-6-16-18(11-15)28-21(13-24-20(16)26)7-9-25(10-8-21)12-14-3-2-4-17(22)19(14)23/h2-6,11H,7-10,12-13H2,1H3,(H,24,26). The SMILES string of the molecule is COc1ccc2c(c1)OC1(CCN(Cc3cccc(F)c3F)CC1)CNC2=O. The van der Waals surface area contributed by atoms with Crippen molar-refractivity contribution in [3.63, 3.8) is 0 Å². The van der Waals surface area contributed by atoms with E-state index in [0.717, 1.165) is 6.07 Å². The maximum Gasteiger partial charge on any atom is 0.255 e. The number of rotatable bonds is 3. The molecule has 0 bridgehead atoms. The molecular formula is C21H22F2N2O3. The van der Waals surface area contributed by atoms with Crippen LogP contribution in [0.1, 0.15) is 28.8 Å². The van der Waals surface area contributed by atoms with E-state index in [-0.39, 0.29) is 5.91 Å². The van der Waals surface area contributed by atoms with Gasteiger partial charge < -0.3 is 14.8 Å². The van der Waals surface area contributed by atoms with Gasteiger partial charge in [0.2, 0.25) is 0 Å². The molecular weight excluding hydrogens is 366 g/mol. The molecule has 0 unspecified atom stereocenters. The predicted octanol–water partition coefficient (Wildman–Crippen LogP) is 3.13. The van der Waals surface area contributed by atoms with Gasteiger partial charge in [0.05, 0.1) is 19.2 Å². The summed E-state index contributed by atoms with van der Waals surface area (Å²) in [5.74, 6) is -0.645. The summed E-state index contributed by atoms with van der Waals surface area (Å²) in [6.07, 6.45) is 1.34. The first-order valence-electron chi connectivity index (χ1n) is 9.30. The van der Waals surface area contributed by atoms with Gasteiger partial charge >= 0.3 is 0 Å². The predicted molar refractivity (Wildman–Crippen MR) is 99.6 cm³/mol. The molecule has 0 aromatic heterocycles. The van der Waals surface area contributed by atoms with Gasteiger partial charge in [-0.25, -0.2) is 8.78 Å². The lowest BCUT2D eigenvalue weighted by atomic mass is 9.90. The van der Waals surface area contributed by atoms with Gasteiger partial charge in [-0.2, -0.15) is 0 Å². The summed E-state index contributed by atoms with van der Waals surface area (Å²) in [6, 6.07) is 9.41. The molecule has 2 aliphatic heterocycles. The molecule has 0 saturated carbocycles. The van der Waals surface area contributed by atoms with Crippen LogP contribution >= 0.6 is 0 Å². The van der Waals surface area contributed by atoms with Gasteiger partial charge in [0.1, 0.15) is 17.1 Å². The Morgan fingerprint density at radius 1 is 1.21 bits per heavy atom. The molecule has 1 fully saturated rings. The molecule has 4 rings (SSSR count). The second-order valence-electron chi connectivity index (χ2n) is 7.32. The van der Waals surface area contributed by atoms with Gasteiger partial charge in [-0.1, -0.05) is 12.1 Å². The van der Waals surface area contributed by atoms with Crippen molar-refractivity contribution in [3.8, 4) is 11.5 Å². The number of hydrogen-bond donors (Lipinski definition) is 1. The highest BCUT2D eigenvalue weighted by Crippen LogP contribution is 2.35. The molecule has 28 heavy (non-hydrogen) atoms. The largest absolute Gasteiger partial charge is 0.497 e. The third kappa shape index (κ3) is 3.54. The summed E-state index contributed by atoms with van der Waals surface area (Å²) in [4.78, 5) is 14.5. The highest BCUT2D eigenvalue weighted by Gasteiger charge is 2.40. The number of piperidine rings is 1. The van der Waals surface area contributed by atoms with Gasteiger partial charge in [-0.05, 0) is 18.2 Å². The Bertz CT molecular complexity index is 895. The topological polar surface area (TPSA) is 50.8 Å². The van der Waals surface area contributed by atoms with Crippen LogP contribution in [0.2, 0.25) is 0 Å². The smallest absolute Gasteiger partial charge is 0.255 e. The number of ether oxygens (including phenoxy) is 2. The molecule has 148 valence electrons. The second kappa shape index (κ2) is 7.39. The highest BCUT2D eigenvalue weighted by atomic mass is 19.2. The van der Waals surface area contributed by atoms with Gasteiger partial charge in [0.15, 0.2) is 11.6 Å². The number of methoxy groups -OCH3 is 1. The second-order valence-corrected chi connectivity index (χ2v) is 7.32. The summed E-state index contributed by atoms with van der Waals surface area (Å²) < 4.78 is 39.0. The number of halogens is 2. The van der Waals surface area contributed by atoms with Crippen molar-refractivity contribution < 1.29 is 23.0 Å². The van der Waals surface area contributed by atoms with E-state index >= 15 is 0 Å². The number of nitrogens with one attached hydrogen (secondary N) is 1. The number of hydrogen-bond acceptors (Lipinski definition) is 4. The molecule has 7 heteroatoms. The van der Waals surface area contributed by atoms with Crippen LogP contribution in [0.3, 0.4) is 0 Å². The van der Waals surface area contributed by atoms with E-state index in [4.69, 9.17) is 9.47 Å². The molecule has 0 atom stereocenters. The van der Waals surface area contributed by atoms with E-state index in [0.29, 0.717) is 61.6 Å². The zero-order valence-electron chi connectivity index (χ0n) is 15.6. The Morgan fingerprint density at radius 2 is 2.00 bits per heavy atom. The molecule has 5 nitrogen and oxygen atoms in total. The quantitative estimate of drug-likeness (QED) is 0.878. The molecule has 1 amide bonds. The van der Waals surface area contributed by atoms with Crippen LogP contribution in [0.5, 0.6) is 11.5 Å². The molecule has 2 aromatic rings. The van der Waals surface area contributed by atoms with Crippen molar-refractivity contribution in [2.24, 2.45) is 0 Å². The molecule has 2 aliphatic rings. The summed E-state index contributed by atoms with van der Waals surface area (Å²) in [6.45, 7) is 2.07. The van der Waals surface area contributed by atoms with E-state index in [2.05, 4.69) is 10.2 Å². The summed E-state index contributed by atoms with van der Waals surface area (Å²) in [5, 5.41) is 2.95. The summed E-state index contributed by atoms with van der Waals surface area (Å²) in [5.41, 5.74) is 0.313. The van der Waals surface area contributed by atoms with Gasteiger partial charge in [0, 0.05) is 44.1 Å². The third-order valence-corrected chi connectivity index (χ3v) is 5.52. The zero-order valence-corrected chi connectivity index (χ0v) is 15.6. The number of likely N-dealkylation sites (tertiary alicyclic amines) is 1. The molecule has 0 radical (unpaired) electrons. The van der Waals surface area contributed by atoms with Crippen LogP contribution in [0, 0.1) is 11.6 Å². The van der Waals surface area contributed by atoms with Crippen molar-refractivity contribution in [3.05, 3.63) is 59.2 Å². The Kier molecular flexibility index (Phi) is 4.93. The van der Waals surface area contributed by atoms with Gasteiger partial charge in [-0.15, -0.1) is 0 Å². The Balaban J connectivity index is 1.48. The van der Waals surface area contributed by atoms with Crippen LogP contribution in [-0.2, 0) is 6.54 Å². The van der Waals surface area contributed by atoms with Gasteiger partial charge in [0.25, 0.3) is 5.91 Å². The first-order chi connectivity index (χ1) is 13.5. The minimum Gasteiger partial charge on any atom is -0.497 e. The van der Waals surface area contributed by atoms with E-state index in [1.807, 2.05) is 0 Å². The number of fused-ring (bicyclic) bond motifs is 1. The fourth-order valence-electron chi connectivity index (χ4n) is 3.82. The van der Waals surface area contributed by atoms with E-state index in [1.165, 1.54) is 6.07 Å². The lowest BCUT2D eigenvalue weighted by Gasteiger charge is -2.41. The molecule has 2 heterocycles. The van der Waals surface area contributed by atoms with Crippen LogP contribution in [0.25, 0.3) is 0 Å². The number of amides is 1. The van der Waals surface area contributed by atoms with Crippen LogP contribution in [-0.4, -0.2) is 43.2 Å². The lowest BCUT2D eigenvalue weighted by Crippen LogP contribution is -2.53. The van der Waals surface area contributed by atoms with Crippen molar-refractivity contribution in [2.75, 3.05) is 26.7 Å². The molecule has 1 saturated heterocycles. The summed E-state index contributed by atoms with van der Waals surface area (Å²) >= 11 is 0. The zero-order chi connectivity index (χ0) is 19.7. The molecule has 1 N–H and O–H groups in total. The van der Waals surface area contributed by atoms with E-state index in [1.54, 1.807) is 31.4 Å². The maximum absolute atomic E-state index is 14.0. The normalized spacial score (nSPS) is 18.8. The number of carbonyl (C=O) groups is 1. The average Bonchev–Trinajstić information content (AvgIpc) is 2.84. The van der Waals surface area contributed by atoms with Crippen molar-refractivity contribution in [2.45, 2.75) is 25.0 Å². The van der Waals surface area contributed by atoms with Crippen molar-refractivity contribution >= 4 is 5.91 Å². The molecule has 0 aliphatic carbocycles. The first-order valence-corrected chi connectivity index (χ1v) is 9.30. The maximum atomic E-state index is 14.0. The number of benzene rings is 2. The minimum absolute atomic E-state index is 0.168. The van der Waals surface area contributed by atoms with Crippen LogP contribution < -0.4 is 14.8 Å². The fourth-order valence-corrected chi connectivity index (χ4v) is 3.82. The Hall–Kier alpha value is -2.67. The first kappa shape index (κ1) is 18.7. The van der Waals surface area contributed by atoms with Crippen molar-refractivity contribution in [1.82, 2.24) is 10.2 Å². The Morgan fingerprint density at radius 3 is 2.75 bits per heavy atom. The van der Waals surface area contributed by atoms with E-state index in [9.17, 15) is 13.6 Å². The Labute approximate surface area is 162 Å². The number of nitrogens with zero attached hydrogens (tertiary/aromatic N) is 1. The number of carbonyl (C=O) groups excluding carboxylic acids is 1. The summed E-state index contributed by atoms with van der Waals surface area (Å²) in [7, 11) is 1.57. The molecule has 2 aromatic carbocycles. The monoisotopic (exact) mass is 388 g/mol. The lowest BCUT2D eigenvalue weighted by molar-refractivity contribution is 0.00357. The van der Waals surface area contributed by atoms with E-state index < -0.39 is 17.2 Å². The minimum atomic E-state index is -0.827. The highest BCUT2D eigenvalue weighted by molar-refractivity contribution is 5.97. The third-order valence-electron chi connectivity index (χ3n) is 5.52. The van der Waals surface area contributed by atoms with Crippen molar-refractivity contribution in [1.29, 1.82) is 0 Å². The average molecular weight is 388 g/mol. The van der Waals surface area contributed by atoms with Crippen LogP contribution in [0.15, 0.2) is 36.4 Å². The van der Waals surface area contributed by atoms with Crippen LogP contribution in [0.4, 0.5) is 8.78 Å². The fraction of sp³-hybridized carbons (Fsp3) is 0.381.